The van der Waals surface area contributed by atoms with Gasteiger partial charge in [-0.2, -0.15) is 0 Å². The highest BCUT2D eigenvalue weighted by atomic mass is 35.5. The fraction of sp³-hybridized carbons (Fsp3) is 0.833. The Morgan fingerprint density at radius 2 is 1.19 bits per heavy atom. The molecule has 0 aromatic rings. The zero-order valence-electron chi connectivity index (χ0n) is 9.97. The van der Waals surface area contributed by atoms with Crippen LogP contribution in [-0.2, 0) is 9.59 Å². The lowest BCUT2D eigenvalue weighted by molar-refractivity contribution is -0.136. The second-order valence-corrected chi connectivity index (χ2v) is 5.00. The van der Waals surface area contributed by atoms with Crippen LogP contribution >= 0.6 is 23.2 Å². The minimum Gasteiger partial charge on any atom is -0.289 e. The van der Waals surface area contributed by atoms with Crippen molar-refractivity contribution in [3.63, 3.8) is 0 Å². The van der Waals surface area contributed by atoms with Crippen LogP contribution in [0.25, 0.3) is 0 Å². The van der Waals surface area contributed by atoms with E-state index < -0.39 is 22.3 Å². The van der Waals surface area contributed by atoms with Gasteiger partial charge in [-0.25, -0.2) is 0 Å². The number of unbranched alkanes of at least 4 members (excludes halogenated alkanes) is 2. The fourth-order valence-corrected chi connectivity index (χ4v) is 1.86. The van der Waals surface area contributed by atoms with Gasteiger partial charge >= 0.3 is 0 Å². The third-order valence-electron chi connectivity index (χ3n) is 2.43. The molecule has 0 aromatic carbocycles. The Morgan fingerprint density at radius 1 is 0.875 bits per heavy atom. The molecule has 0 saturated heterocycles. The zero-order valence-corrected chi connectivity index (χ0v) is 11.5. The van der Waals surface area contributed by atoms with Crippen molar-refractivity contribution in [2.24, 2.45) is 0 Å². The van der Waals surface area contributed by atoms with Crippen LogP contribution in [0.15, 0.2) is 0 Å². The highest BCUT2D eigenvalue weighted by molar-refractivity contribution is 6.56. The van der Waals surface area contributed by atoms with E-state index in [1.165, 1.54) is 0 Å². The minimum absolute atomic E-state index is 0.522. The van der Waals surface area contributed by atoms with Crippen LogP contribution < -0.4 is 0 Å². The zero-order chi connectivity index (χ0) is 12.6. The molecule has 0 radical (unpaired) electrons. The lowest BCUT2D eigenvalue weighted by Crippen LogP contribution is -2.31. The van der Waals surface area contributed by atoms with Crippen LogP contribution in [0, 0.1) is 0 Å². The maximum Gasteiger partial charge on any atom is 0.217 e. The Kier molecular flexibility index (Phi) is 8.96. The summed E-state index contributed by atoms with van der Waals surface area (Å²) in [5.74, 6) is -1.04. The van der Waals surface area contributed by atoms with Crippen LogP contribution in [0.3, 0.4) is 0 Å². The summed E-state index contributed by atoms with van der Waals surface area (Å²) < 4.78 is 0. The van der Waals surface area contributed by atoms with Crippen molar-refractivity contribution in [1.82, 2.24) is 0 Å². The van der Waals surface area contributed by atoms with E-state index in [0.717, 1.165) is 25.7 Å². The summed E-state index contributed by atoms with van der Waals surface area (Å²) in [5.41, 5.74) is 0. The third kappa shape index (κ3) is 5.86. The molecule has 0 aromatic heterocycles. The molecule has 2 atom stereocenters. The second kappa shape index (κ2) is 9.00. The van der Waals surface area contributed by atoms with Crippen molar-refractivity contribution in [2.75, 3.05) is 0 Å². The third-order valence-corrected chi connectivity index (χ3v) is 3.27. The van der Waals surface area contributed by atoms with Gasteiger partial charge in [-0.1, -0.05) is 39.5 Å². The SMILES string of the molecule is CCCCC(Cl)C(=O)C(=O)C(Cl)CCCC. The number of alkyl halides is 2. The van der Waals surface area contributed by atoms with Crippen LogP contribution in [0.5, 0.6) is 0 Å². The Bertz CT molecular complexity index is 205. The largest absolute Gasteiger partial charge is 0.289 e. The molecule has 16 heavy (non-hydrogen) atoms. The summed E-state index contributed by atoms with van der Waals surface area (Å²) in [4.78, 5) is 23.2. The molecule has 0 aliphatic carbocycles. The molecule has 0 aliphatic rings. The minimum atomic E-state index is -0.699. The topological polar surface area (TPSA) is 34.1 Å². The monoisotopic (exact) mass is 266 g/mol. The Balaban J connectivity index is 4.10. The molecular weight excluding hydrogens is 247 g/mol. The van der Waals surface area contributed by atoms with E-state index in [1.54, 1.807) is 0 Å². The van der Waals surface area contributed by atoms with Gasteiger partial charge in [0.25, 0.3) is 0 Å². The van der Waals surface area contributed by atoms with Gasteiger partial charge in [-0.05, 0) is 12.8 Å². The molecule has 2 unspecified atom stereocenters. The average Bonchev–Trinajstić information content (AvgIpc) is 2.30. The summed E-state index contributed by atoms with van der Waals surface area (Å²) in [6.07, 6.45) is 4.75. The number of hydrogen-bond donors (Lipinski definition) is 0. The highest BCUT2D eigenvalue weighted by Gasteiger charge is 2.27. The first kappa shape index (κ1) is 15.9. The fourth-order valence-electron chi connectivity index (χ4n) is 1.34. The average molecular weight is 267 g/mol. The standard InChI is InChI=1S/C12H20Cl2O2/c1-3-5-7-9(13)11(15)12(16)10(14)8-6-4-2/h9-10H,3-8H2,1-2H3. The van der Waals surface area contributed by atoms with Crippen molar-refractivity contribution in [2.45, 2.75) is 63.1 Å². The lowest BCUT2D eigenvalue weighted by Gasteiger charge is -2.10. The molecule has 0 spiro atoms. The van der Waals surface area contributed by atoms with Crippen molar-refractivity contribution >= 4 is 34.8 Å². The summed E-state index contributed by atoms with van der Waals surface area (Å²) >= 11 is 11.7. The molecule has 0 fully saturated rings. The van der Waals surface area contributed by atoms with Gasteiger partial charge < -0.3 is 0 Å². The highest BCUT2D eigenvalue weighted by Crippen LogP contribution is 2.15. The van der Waals surface area contributed by atoms with E-state index in [2.05, 4.69) is 0 Å². The van der Waals surface area contributed by atoms with Gasteiger partial charge in [-0.15, -0.1) is 23.2 Å². The summed E-state index contributed by atoms with van der Waals surface area (Å²) in [6.45, 7) is 4.03. The Hall–Kier alpha value is -0.0800. The maximum atomic E-state index is 11.6. The predicted molar refractivity (Wildman–Crippen MR) is 68.3 cm³/mol. The maximum absolute atomic E-state index is 11.6. The van der Waals surface area contributed by atoms with Gasteiger partial charge in [0.05, 0.1) is 10.8 Å². The van der Waals surface area contributed by atoms with Crippen LogP contribution in [0.4, 0.5) is 0 Å². The number of ketones is 2. The first-order valence-electron chi connectivity index (χ1n) is 5.90. The number of rotatable bonds is 9. The lowest BCUT2D eigenvalue weighted by atomic mass is 10.0. The molecule has 0 rings (SSSR count). The molecule has 2 nitrogen and oxygen atoms in total. The molecule has 0 aliphatic heterocycles. The number of halogens is 2. The van der Waals surface area contributed by atoms with Crippen LogP contribution in [0.1, 0.15) is 52.4 Å². The van der Waals surface area contributed by atoms with Crippen molar-refractivity contribution < 1.29 is 9.59 Å². The summed E-state index contributed by atoms with van der Waals surface area (Å²) in [6, 6.07) is 0. The first-order valence-corrected chi connectivity index (χ1v) is 6.78. The quantitative estimate of drug-likeness (QED) is 0.471. The van der Waals surface area contributed by atoms with Gasteiger partial charge in [0.2, 0.25) is 11.6 Å². The van der Waals surface area contributed by atoms with Crippen molar-refractivity contribution in [1.29, 1.82) is 0 Å². The van der Waals surface area contributed by atoms with E-state index in [9.17, 15) is 9.59 Å². The van der Waals surface area contributed by atoms with Gasteiger partial charge in [0, 0.05) is 0 Å². The number of Topliss-reactive ketones (excluding diaryl/α,β-unsaturated/α-hetero) is 2. The van der Waals surface area contributed by atoms with E-state index in [-0.39, 0.29) is 0 Å². The van der Waals surface area contributed by atoms with Gasteiger partial charge in [-0.3, -0.25) is 9.59 Å². The predicted octanol–water partition coefficient (Wildman–Crippen LogP) is 3.72. The Labute approximate surface area is 108 Å². The van der Waals surface area contributed by atoms with Gasteiger partial charge in [0.15, 0.2) is 0 Å². The van der Waals surface area contributed by atoms with E-state index in [4.69, 9.17) is 23.2 Å². The van der Waals surface area contributed by atoms with Crippen LogP contribution in [-0.4, -0.2) is 22.3 Å². The van der Waals surface area contributed by atoms with Crippen LogP contribution in [0.2, 0.25) is 0 Å². The molecule has 0 N–H and O–H groups in total. The molecular formula is C12H20Cl2O2. The first-order chi connectivity index (χ1) is 7.54. The Morgan fingerprint density at radius 3 is 1.44 bits per heavy atom. The number of carbonyl (C=O) groups excluding carboxylic acids is 2. The van der Waals surface area contributed by atoms with Gasteiger partial charge in [0.1, 0.15) is 0 Å². The number of carbonyl (C=O) groups is 2. The van der Waals surface area contributed by atoms with E-state index >= 15 is 0 Å². The number of hydrogen-bond acceptors (Lipinski definition) is 2. The summed E-state index contributed by atoms with van der Waals surface area (Å²) in [5, 5.41) is -1.40. The smallest absolute Gasteiger partial charge is 0.217 e. The van der Waals surface area contributed by atoms with E-state index in [0.29, 0.717) is 12.8 Å². The second-order valence-electron chi connectivity index (χ2n) is 3.95. The van der Waals surface area contributed by atoms with Crippen molar-refractivity contribution in [3.05, 3.63) is 0 Å². The normalized spacial score (nSPS) is 14.5. The van der Waals surface area contributed by atoms with Crippen molar-refractivity contribution in [3.8, 4) is 0 Å². The summed E-state index contributed by atoms with van der Waals surface area (Å²) in [7, 11) is 0. The molecule has 0 amide bonds. The molecule has 0 heterocycles. The molecule has 4 heteroatoms. The molecule has 0 bridgehead atoms. The van der Waals surface area contributed by atoms with E-state index in [1.807, 2.05) is 13.8 Å². The molecule has 94 valence electrons. The molecule has 0 saturated carbocycles.